The van der Waals surface area contributed by atoms with Crippen LogP contribution in [-0.2, 0) is 18.2 Å². The van der Waals surface area contributed by atoms with Gasteiger partial charge in [0.05, 0.1) is 30.5 Å². The second kappa shape index (κ2) is 7.61. The first-order chi connectivity index (χ1) is 12.1. The van der Waals surface area contributed by atoms with Crippen LogP contribution in [0.15, 0.2) is 36.5 Å². The lowest BCUT2D eigenvalue weighted by Crippen LogP contribution is -2.49. The zero-order valence-electron chi connectivity index (χ0n) is 14.6. The van der Waals surface area contributed by atoms with Crippen LogP contribution in [0, 0.1) is 0 Å². The Labute approximate surface area is 147 Å². The van der Waals surface area contributed by atoms with Crippen LogP contribution in [0.3, 0.4) is 0 Å². The number of nitrogens with zero attached hydrogens (tertiary/aromatic N) is 3. The molecule has 0 N–H and O–H groups in total. The third kappa shape index (κ3) is 3.79. The highest BCUT2D eigenvalue weighted by molar-refractivity contribution is 5.98. The van der Waals surface area contributed by atoms with E-state index in [1.165, 1.54) is 0 Å². The van der Waals surface area contributed by atoms with Crippen molar-refractivity contribution in [2.75, 3.05) is 19.8 Å². The Balaban J connectivity index is 1.78. The number of morpholine rings is 1. The number of hydrogen-bond donors (Lipinski definition) is 0. The molecule has 0 bridgehead atoms. The SMILES string of the molecule is CCc1nn(C)cc1C(=O)N1CCOC[C@H]1CC(=O)c1ccccc1. The van der Waals surface area contributed by atoms with Crippen molar-refractivity contribution in [3.8, 4) is 0 Å². The number of rotatable bonds is 5. The van der Waals surface area contributed by atoms with Gasteiger partial charge >= 0.3 is 0 Å². The molecule has 3 rings (SSSR count). The Morgan fingerprint density at radius 1 is 1.28 bits per heavy atom. The van der Waals surface area contributed by atoms with Gasteiger partial charge < -0.3 is 9.64 Å². The maximum absolute atomic E-state index is 13.0. The van der Waals surface area contributed by atoms with Gasteiger partial charge in [0.2, 0.25) is 0 Å². The Bertz CT molecular complexity index is 755. The number of amides is 1. The molecule has 1 aliphatic heterocycles. The highest BCUT2D eigenvalue weighted by atomic mass is 16.5. The fourth-order valence-electron chi connectivity index (χ4n) is 3.18. The summed E-state index contributed by atoms with van der Waals surface area (Å²) in [6.07, 6.45) is 2.71. The third-order valence-corrected chi connectivity index (χ3v) is 4.48. The lowest BCUT2D eigenvalue weighted by molar-refractivity contribution is -0.00286. The average molecular weight is 341 g/mol. The van der Waals surface area contributed by atoms with E-state index < -0.39 is 0 Å². The van der Waals surface area contributed by atoms with Crippen molar-refractivity contribution in [3.05, 3.63) is 53.3 Å². The molecule has 6 nitrogen and oxygen atoms in total. The molecule has 25 heavy (non-hydrogen) atoms. The minimum absolute atomic E-state index is 0.0239. The molecular formula is C19H23N3O3. The van der Waals surface area contributed by atoms with Crippen LogP contribution >= 0.6 is 0 Å². The van der Waals surface area contributed by atoms with E-state index in [1.54, 1.807) is 27.9 Å². The molecule has 132 valence electrons. The van der Waals surface area contributed by atoms with Gasteiger partial charge in [0.25, 0.3) is 5.91 Å². The van der Waals surface area contributed by atoms with Gasteiger partial charge in [-0.1, -0.05) is 37.3 Å². The number of hydrogen-bond acceptors (Lipinski definition) is 4. The standard InChI is InChI=1S/C19H23N3O3/c1-3-17-16(12-21(2)20-17)19(24)22-9-10-25-13-15(22)11-18(23)14-7-5-4-6-8-14/h4-8,12,15H,3,9-11,13H2,1-2H3/t15-/m1/s1. The van der Waals surface area contributed by atoms with Crippen LogP contribution in [0.25, 0.3) is 0 Å². The van der Waals surface area contributed by atoms with Gasteiger partial charge in [0.1, 0.15) is 0 Å². The summed E-state index contributed by atoms with van der Waals surface area (Å²) in [5, 5.41) is 4.35. The van der Waals surface area contributed by atoms with Crippen LogP contribution < -0.4 is 0 Å². The molecule has 0 radical (unpaired) electrons. The van der Waals surface area contributed by atoms with Gasteiger partial charge in [0, 0.05) is 31.8 Å². The number of ketones is 1. The first kappa shape index (κ1) is 17.4. The van der Waals surface area contributed by atoms with Gasteiger partial charge in [-0.3, -0.25) is 14.3 Å². The first-order valence-electron chi connectivity index (χ1n) is 8.59. The van der Waals surface area contributed by atoms with E-state index in [1.807, 2.05) is 32.2 Å². The van der Waals surface area contributed by atoms with Gasteiger partial charge in [0.15, 0.2) is 5.78 Å². The molecule has 1 aromatic heterocycles. The molecule has 1 amide bonds. The number of benzene rings is 1. The highest BCUT2D eigenvalue weighted by Gasteiger charge is 2.31. The molecule has 2 heterocycles. The molecule has 2 aromatic rings. The Morgan fingerprint density at radius 3 is 2.76 bits per heavy atom. The second-order valence-electron chi connectivity index (χ2n) is 6.24. The minimum atomic E-state index is -0.251. The van der Waals surface area contributed by atoms with Crippen LogP contribution in [0.5, 0.6) is 0 Å². The maximum atomic E-state index is 13.0. The lowest BCUT2D eigenvalue weighted by atomic mass is 10.0. The van der Waals surface area contributed by atoms with Crippen molar-refractivity contribution in [3.63, 3.8) is 0 Å². The summed E-state index contributed by atoms with van der Waals surface area (Å²) < 4.78 is 7.19. The van der Waals surface area contributed by atoms with Crippen LogP contribution in [0.1, 0.15) is 39.8 Å². The van der Waals surface area contributed by atoms with E-state index in [0.717, 1.165) is 5.69 Å². The predicted octanol–water partition coefficient (Wildman–Crippen LogP) is 2.10. The topological polar surface area (TPSA) is 64.4 Å². The zero-order valence-corrected chi connectivity index (χ0v) is 14.6. The quantitative estimate of drug-likeness (QED) is 0.781. The summed E-state index contributed by atoms with van der Waals surface area (Å²) in [5.74, 6) is -0.0464. The number of Topliss-reactive ketones (excluding diaryl/α,β-unsaturated/α-hetero) is 1. The van der Waals surface area contributed by atoms with Crippen molar-refractivity contribution in [1.82, 2.24) is 14.7 Å². The molecule has 1 aliphatic rings. The number of ether oxygens (including phenoxy) is 1. The van der Waals surface area contributed by atoms with Crippen molar-refractivity contribution < 1.29 is 14.3 Å². The summed E-state index contributed by atoms with van der Waals surface area (Å²) >= 11 is 0. The summed E-state index contributed by atoms with van der Waals surface area (Å²) in [6.45, 7) is 3.34. The molecule has 1 atom stereocenters. The second-order valence-corrected chi connectivity index (χ2v) is 6.24. The molecule has 6 heteroatoms. The maximum Gasteiger partial charge on any atom is 0.257 e. The fourth-order valence-corrected chi connectivity index (χ4v) is 3.18. The summed E-state index contributed by atoms with van der Waals surface area (Å²) in [5.41, 5.74) is 2.06. The van der Waals surface area contributed by atoms with Gasteiger partial charge in [-0.05, 0) is 6.42 Å². The van der Waals surface area contributed by atoms with E-state index in [0.29, 0.717) is 37.3 Å². The molecule has 0 aliphatic carbocycles. The zero-order chi connectivity index (χ0) is 17.8. The van der Waals surface area contributed by atoms with E-state index >= 15 is 0 Å². The lowest BCUT2D eigenvalue weighted by Gasteiger charge is -2.35. The van der Waals surface area contributed by atoms with Crippen molar-refractivity contribution >= 4 is 11.7 Å². The van der Waals surface area contributed by atoms with Gasteiger partial charge in [-0.2, -0.15) is 5.10 Å². The fraction of sp³-hybridized carbons (Fsp3) is 0.421. The Hall–Kier alpha value is -2.47. The molecule has 1 saturated heterocycles. The van der Waals surface area contributed by atoms with E-state index in [2.05, 4.69) is 5.10 Å². The normalized spacial score (nSPS) is 17.5. The number of carbonyl (C=O) groups excluding carboxylic acids is 2. The van der Waals surface area contributed by atoms with E-state index in [-0.39, 0.29) is 24.2 Å². The van der Waals surface area contributed by atoms with E-state index in [9.17, 15) is 9.59 Å². The summed E-state index contributed by atoms with van der Waals surface area (Å²) in [4.78, 5) is 27.3. The summed E-state index contributed by atoms with van der Waals surface area (Å²) in [7, 11) is 1.81. The predicted molar refractivity (Wildman–Crippen MR) is 93.6 cm³/mol. The highest BCUT2D eigenvalue weighted by Crippen LogP contribution is 2.19. The smallest absolute Gasteiger partial charge is 0.257 e. The number of carbonyl (C=O) groups is 2. The number of aromatic nitrogens is 2. The summed E-state index contributed by atoms with van der Waals surface area (Å²) in [6, 6.07) is 8.92. The largest absolute Gasteiger partial charge is 0.377 e. The van der Waals surface area contributed by atoms with E-state index in [4.69, 9.17) is 4.74 Å². The molecule has 1 fully saturated rings. The van der Waals surface area contributed by atoms with Crippen molar-refractivity contribution in [1.29, 1.82) is 0 Å². The molecule has 0 unspecified atom stereocenters. The monoisotopic (exact) mass is 341 g/mol. The van der Waals surface area contributed by atoms with Crippen LogP contribution in [-0.4, -0.2) is 52.2 Å². The molecule has 0 spiro atoms. The number of aryl methyl sites for hydroxylation is 2. The molecular weight excluding hydrogens is 318 g/mol. The first-order valence-corrected chi connectivity index (χ1v) is 8.59. The van der Waals surface area contributed by atoms with Gasteiger partial charge in [-0.15, -0.1) is 0 Å². The van der Waals surface area contributed by atoms with Crippen LogP contribution in [0.2, 0.25) is 0 Å². The Kier molecular flexibility index (Phi) is 5.28. The Morgan fingerprint density at radius 2 is 2.04 bits per heavy atom. The van der Waals surface area contributed by atoms with Crippen molar-refractivity contribution in [2.24, 2.45) is 7.05 Å². The average Bonchev–Trinajstić information content (AvgIpc) is 3.03. The van der Waals surface area contributed by atoms with Crippen molar-refractivity contribution in [2.45, 2.75) is 25.8 Å². The minimum Gasteiger partial charge on any atom is -0.377 e. The van der Waals surface area contributed by atoms with Crippen LogP contribution in [0.4, 0.5) is 0 Å². The molecule has 0 saturated carbocycles. The molecule has 1 aromatic carbocycles. The van der Waals surface area contributed by atoms with Gasteiger partial charge in [-0.25, -0.2) is 0 Å². The third-order valence-electron chi connectivity index (χ3n) is 4.48.